The average Bonchev–Trinajstić information content (AvgIpc) is 2.43. The first kappa shape index (κ1) is 14.1. The molecule has 0 atom stereocenters. The highest BCUT2D eigenvalue weighted by atomic mass is 35.5. The lowest BCUT2D eigenvalue weighted by atomic mass is 10.3. The molecule has 0 radical (unpaired) electrons. The number of anilines is 2. The lowest BCUT2D eigenvalue weighted by Crippen LogP contribution is -2.29. The van der Waals surface area contributed by atoms with Crippen LogP contribution in [0.3, 0.4) is 0 Å². The molecule has 2 aromatic rings. The Morgan fingerprint density at radius 1 is 1.30 bits per heavy atom. The third-order valence-corrected chi connectivity index (χ3v) is 2.83. The maximum atomic E-state index is 11.8. The third kappa shape index (κ3) is 3.58. The molecule has 1 heterocycles. The van der Waals surface area contributed by atoms with Crippen LogP contribution in [0.4, 0.5) is 11.4 Å². The zero-order valence-corrected chi connectivity index (χ0v) is 11.5. The van der Waals surface area contributed by atoms with Gasteiger partial charge in [0.1, 0.15) is 6.54 Å². The van der Waals surface area contributed by atoms with E-state index in [2.05, 4.69) is 15.7 Å². The molecule has 2 rings (SSSR count). The van der Waals surface area contributed by atoms with Crippen LogP contribution in [0.5, 0.6) is 0 Å². The van der Waals surface area contributed by atoms with Crippen molar-refractivity contribution >= 4 is 28.9 Å². The lowest BCUT2D eigenvalue weighted by molar-refractivity contribution is -0.117. The molecule has 0 saturated heterocycles. The number of nitrogens with zero attached hydrogens (tertiary/aromatic N) is 2. The molecular weight excluding hydrogens is 280 g/mol. The summed E-state index contributed by atoms with van der Waals surface area (Å²) in [6.45, 7) is -0.147. The summed E-state index contributed by atoms with van der Waals surface area (Å²) in [5, 5.41) is 9.96. The Bertz CT molecular complexity index is 667. The molecule has 1 aromatic carbocycles. The van der Waals surface area contributed by atoms with Crippen molar-refractivity contribution in [3.63, 3.8) is 0 Å². The van der Waals surface area contributed by atoms with Crippen LogP contribution in [0.1, 0.15) is 0 Å². The van der Waals surface area contributed by atoms with E-state index in [1.54, 1.807) is 31.3 Å². The second-order valence-corrected chi connectivity index (χ2v) is 4.48. The van der Waals surface area contributed by atoms with Gasteiger partial charge in [0.15, 0.2) is 0 Å². The van der Waals surface area contributed by atoms with E-state index in [1.165, 1.54) is 12.3 Å². The number of carbonyl (C=O) groups excluding carboxylic acids is 1. The number of nitrogens with one attached hydrogen (secondary N) is 2. The number of aromatic nitrogens is 2. The minimum Gasteiger partial charge on any atom is -0.387 e. The molecular formula is C13H13ClN4O2. The quantitative estimate of drug-likeness (QED) is 0.897. The smallest absolute Gasteiger partial charge is 0.269 e. The number of rotatable bonds is 4. The van der Waals surface area contributed by atoms with Crippen molar-refractivity contribution in [1.29, 1.82) is 0 Å². The lowest BCUT2D eigenvalue weighted by Gasteiger charge is -2.07. The Morgan fingerprint density at radius 3 is 2.60 bits per heavy atom. The summed E-state index contributed by atoms with van der Waals surface area (Å²) in [6, 6.07) is 8.08. The number of halogens is 1. The standard InChI is InChI=1S/C13H13ClN4O2/c1-15-11-6-13(20)18(16-7-11)8-12(19)17-10-4-2-9(14)3-5-10/h2-7,15H,8H2,1H3,(H,17,19). The second kappa shape index (κ2) is 6.21. The van der Waals surface area contributed by atoms with Crippen molar-refractivity contribution in [2.45, 2.75) is 6.54 Å². The van der Waals surface area contributed by atoms with Gasteiger partial charge in [0.05, 0.1) is 11.9 Å². The fourth-order valence-electron chi connectivity index (χ4n) is 1.56. The number of hydrogen-bond donors (Lipinski definition) is 2. The molecule has 2 N–H and O–H groups in total. The summed E-state index contributed by atoms with van der Waals surface area (Å²) in [7, 11) is 1.69. The van der Waals surface area contributed by atoms with Gasteiger partial charge in [-0.05, 0) is 24.3 Å². The van der Waals surface area contributed by atoms with Gasteiger partial charge in [-0.25, -0.2) is 4.68 Å². The Kier molecular flexibility index (Phi) is 4.37. The average molecular weight is 293 g/mol. The first-order valence-electron chi connectivity index (χ1n) is 5.89. The Balaban J connectivity index is 2.04. The van der Waals surface area contributed by atoms with Gasteiger partial charge < -0.3 is 10.6 Å². The van der Waals surface area contributed by atoms with Crippen LogP contribution in [0.25, 0.3) is 0 Å². The number of carbonyl (C=O) groups is 1. The Labute approximate surface area is 120 Å². The maximum Gasteiger partial charge on any atom is 0.269 e. The molecule has 0 aliphatic heterocycles. The molecule has 0 saturated carbocycles. The van der Waals surface area contributed by atoms with Crippen molar-refractivity contribution in [2.75, 3.05) is 17.7 Å². The summed E-state index contributed by atoms with van der Waals surface area (Å²) in [6.07, 6.45) is 1.48. The second-order valence-electron chi connectivity index (χ2n) is 4.05. The van der Waals surface area contributed by atoms with Crippen LogP contribution in [-0.2, 0) is 11.3 Å². The zero-order valence-electron chi connectivity index (χ0n) is 10.8. The van der Waals surface area contributed by atoms with E-state index in [9.17, 15) is 9.59 Å². The highest BCUT2D eigenvalue weighted by Gasteiger charge is 2.06. The summed E-state index contributed by atoms with van der Waals surface area (Å²) in [5.41, 5.74) is 0.867. The first-order chi connectivity index (χ1) is 9.58. The van der Waals surface area contributed by atoms with Crippen LogP contribution in [0.2, 0.25) is 5.02 Å². The van der Waals surface area contributed by atoms with Crippen molar-refractivity contribution in [1.82, 2.24) is 9.78 Å². The van der Waals surface area contributed by atoms with Crippen LogP contribution in [0, 0.1) is 0 Å². The van der Waals surface area contributed by atoms with E-state index in [4.69, 9.17) is 11.6 Å². The van der Waals surface area contributed by atoms with Gasteiger partial charge >= 0.3 is 0 Å². The number of amides is 1. The molecule has 0 unspecified atom stereocenters. The van der Waals surface area contributed by atoms with E-state index in [0.717, 1.165) is 4.68 Å². The van der Waals surface area contributed by atoms with Crippen molar-refractivity contribution in [2.24, 2.45) is 0 Å². The van der Waals surface area contributed by atoms with Crippen LogP contribution in [-0.4, -0.2) is 22.7 Å². The normalized spacial score (nSPS) is 10.1. The predicted octanol–water partition coefficient (Wildman–Crippen LogP) is 1.58. The van der Waals surface area contributed by atoms with E-state index < -0.39 is 0 Å². The van der Waals surface area contributed by atoms with Crippen LogP contribution < -0.4 is 16.2 Å². The minimum absolute atomic E-state index is 0.147. The summed E-state index contributed by atoms with van der Waals surface area (Å²) in [4.78, 5) is 23.5. The van der Waals surface area contributed by atoms with E-state index in [0.29, 0.717) is 16.4 Å². The molecule has 0 aliphatic carbocycles. The Hall–Kier alpha value is -2.34. The largest absolute Gasteiger partial charge is 0.387 e. The van der Waals surface area contributed by atoms with Crippen molar-refractivity contribution in [3.05, 3.63) is 51.9 Å². The SMILES string of the molecule is CNc1cnn(CC(=O)Nc2ccc(Cl)cc2)c(=O)c1. The van der Waals surface area contributed by atoms with Gasteiger partial charge in [-0.15, -0.1) is 0 Å². The summed E-state index contributed by atoms with van der Waals surface area (Å²) < 4.78 is 1.09. The van der Waals surface area contributed by atoms with Crippen molar-refractivity contribution in [3.8, 4) is 0 Å². The molecule has 0 aliphatic rings. The fraction of sp³-hybridized carbons (Fsp3) is 0.154. The van der Waals surface area contributed by atoms with Gasteiger partial charge in [-0.3, -0.25) is 9.59 Å². The number of hydrogen-bond acceptors (Lipinski definition) is 4. The fourth-order valence-corrected chi connectivity index (χ4v) is 1.68. The van der Waals surface area contributed by atoms with Gasteiger partial charge in [0, 0.05) is 23.8 Å². The summed E-state index contributed by atoms with van der Waals surface area (Å²) >= 11 is 5.75. The molecule has 0 spiro atoms. The molecule has 7 heteroatoms. The predicted molar refractivity (Wildman–Crippen MR) is 78.1 cm³/mol. The maximum absolute atomic E-state index is 11.8. The molecule has 1 aromatic heterocycles. The summed E-state index contributed by atoms with van der Waals surface area (Å²) in [5.74, 6) is -0.334. The number of benzene rings is 1. The molecule has 6 nitrogen and oxygen atoms in total. The van der Waals surface area contributed by atoms with Crippen LogP contribution >= 0.6 is 11.6 Å². The van der Waals surface area contributed by atoms with Gasteiger partial charge in [0.2, 0.25) is 5.91 Å². The van der Waals surface area contributed by atoms with Crippen LogP contribution in [0.15, 0.2) is 41.3 Å². The minimum atomic E-state index is -0.344. The van der Waals surface area contributed by atoms with Gasteiger partial charge in [-0.2, -0.15) is 5.10 Å². The topological polar surface area (TPSA) is 76.0 Å². The van der Waals surface area contributed by atoms with E-state index in [-0.39, 0.29) is 18.0 Å². The zero-order chi connectivity index (χ0) is 14.5. The van der Waals surface area contributed by atoms with Gasteiger partial charge in [-0.1, -0.05) is 11.6 Å². The third-order valence-electron chi connectivity index (χ3n) is 2.58. The Morgan fingerprint density at radius 2 is 2.00 bits per heavy atom. The molecule has 0 fully saturated rings. The molecule has 1 amide bonds. The monoisotopic (exact) mass is 292 g/mol. The highest BCUT2D eigenvalue weighted by molar-refractivity contribution is 6.30. The van der Waals surface area contributed by atoms with E-state index >= 15 is 0 Å². The first-order valence-corrected chi connectivity index (χ1v) is 6.26. The molecule has 104 valence electrons. The van der Waals surface area contributed by atoms with E-state index in [1.807, 2.05) is 0 Å². The van der Waals surface area contributed by atoms with Crippen molar-refractivity contribution < 1.29 is 4.79 Å². The molecule has 0 bridgehead atoms. The molecule has 20 heavy (non-hydrogen) atoms. The van der Waals surface area contributed by atoms with Gasteiger partial charge in [0.25, 0.3) is 5.56 Å². The highest BCUT2D eigenvalue weighted by Crippen LogP contribution is 2.13.